The van der Waals surface area contributed by atoms with Crippen molar-refractivity contribution >= 4 is 11.8 Å². The van der Waals surface area contributed by atoms with Crippen LogP contribution in [0.2, 0.25) is 0 Å². The zero-order valence-corrected chi connectivity index (χ0v) is 13.7. The van der Waals surface area contributed by atoms with E-state index in [0.717, 1.165) is 56.3 Å². The number of nitrogens with two attached hydrogens (primary N) is 1. The summed E-state index contributed by atoms with van der Waals surface area (Å²) in [6.45, 7) is 6.16. The first kappa shape index (κ1) is 15.2. The molecular formula is C16H21N7O. The van der Waals surface area contributed by atoms with Gasteiger partial charge in [-0.05, 0) is 19.9 Å². The van der Waals surface area contributed by atoms with Crippen LogP contribution >= 0.6 is 0 Å². The Morgan fingerprint density at radius 1 is 1.29 bits per heavy atom. The van der Waals surface area contributed by atoms with Crippen molar-refractivity contribution in [2.24, 2.45) is 0 Å². The fourth-order valence-corrected chi connectivity index (χ4v) is 3.20. The molecule has 1 unspecified atom stereocenters. The molecule has 8 nitrogen and oxygen atoms in total. The van der Waals surface area contributed by atoms with Gasteiger partial charge in [-0.15, -0.1) is 0 Å². The van der Waals surface area contributed by atoms with Crippen LogP contribution in [0.5, 0.6) is 0 Å². The summed E-state index contributed by atoms with van der Waals surface area (Å²) in [4.78, 5) is 20.1. The van der Waals surface area contributed by atoms with E-state index < -0.39 is 0 Å². The number of hydrogen-bond acceptors (Lipinski definition) is 8. The van der Waals surface area contributed by atoms with Crippen molar-refractivity contribution in [2.45, 2.75) is 25.9 Å². The SMILES string of the molecule is CC1COCCN1c1nc(-c2cnc(N)nc2)nc2c1CCNC2. The second kappa shape index (κ2) is 6.29. The predicted molar refractivity (Wildman–Crippen MR) is 90.5 cm³/mol. The third kappa shape index (κ3) is 2.78. The topological polar surface area (TPSA) is 102 Å². The maximum atomic E-state index is 5.59. The van der Waals surface area contributed by atoms with Gasteiger partial charge in [0.1, 0.15) is 5.82 Å². The molecule has 126 valence electrons. The predicted octanol–water partition coefficient (Wildman–Crippen LogP) is 0.387. The Kier molecular flexibility index (Phi) is 3.99. The van der Waals surface area contributed by atoms with Gasteiger partial charge in [-0.2, -0.15) is 0 Å². The van der Waals surface area contributed by atoms with E-state index in [1.165, 1.54) is 5.56 Å². The van der Waals surface area contributed by atoms with Gasteiger partial charge < -0.3 is 20.7 Å². The number of nitrogen functional groups attached to an aromatic ring is 1. The van der Waals surface area contributed by atoms with E-state index in [1.807, 2.05) is 0 Å². The van der Waals surface area contributed by atoms with Gasteiger partial charge in [0.05, 0.1) is 30.5 Å². The molecule has 0 bridgehead atoms. The van der Waals surface area contributed by atoms with Crippen LogP contribution in [0.1, 0.15) is 18.2 Å². The van der Waals surface area contributed by atoms with Crippen LogP contribution in [0, 0.1) is 0 Å². The molecular weight excluding hydrogens is 306 g/mol. The Labute approximate surface area is 140 Å². The van der Waals surface area contributed by atoms with E-state index in [9.17, 15) is 0 Å². The van der Waals surface area contributed by atoms with Crippen molar-refractivity contribution in [3.05, 3.63) is 23.7 Å². The van der Waals surface area contributed by atoms with Gasteiger partial charge in [-0.3, -0.25) is 0 Å². The van der Waals surface area contributed by atoms with Gasteiger partial charge in [0, 0.05) is 31.0 Å². The van der Waals surface area contributed by atoms with Crippen LogP contribution in [0.4, 0.5) is 11.8 Å². The second-order valence-corrected chi connectivity index (χ2v) is 6.17. The van der Waals surface area contributed by atoms with Crippen molar-refractivity contribution in [2.75, 3.05) is 36.9 Å². The molecule has 8 heteroatoms. The molecule has 2 aliphatic heterocycles. The highest BCUT2D eigenvalue weighted by atomic mass is 16.5. The van der Waals surface area contributed by atoms with Crippen LogP contribution in [0.15, 0.2) is 12.4 Å². The second-order valence-electron chi connectivity index (χ2n) is 6.17. The number of ether oxygens (including phenoxy) is 1. The van der Waals surface area contributed by atoms with E-state index in [4.69, 9.17) is 20.4 Å². The lowest BCUT2D eigenvalue weighted by atomic mass is 10.0. The highest BCUT2D eigenvalue weighted by molar-refractivity contribution is 5.60. The van der Waals surface area contributed by atoms with E-state index in [1.54, 1.807) is 12.4 Å². The molecule has 0 radical (unpaired) electrons. The van der Waals surface area contributed by atoms with Crippen LogP contribution in [-0.4, -0.2) is 52.3 Å². The smallest absolute Gasteiger partial charge is 0.219 e. The van der Waals surface area contributed by atoms with Gasteiger partial charge in [0.15, 0.2) is 5.82 Å². The molecule has 0 saturated carbocycles. The first-order chi connectivity index (χ1) is 11.7. The lowest BCUT2D eigenvalue weighted by Gasteiger charge is -2.36. The Morgan fingerprint density at radius 2 is 2.12 bits per heavy atom. The minimum Gasteiger partial charge on any atom is -0.377 e. The number of aromatic nitrogens is 4. The molecule has 0 aliphatic carbocycles. The fraction of sp³-hybridized carbons (Fsp3) is 0.500. The number of anilines is 2. The normalized spacial score (nSPS) is 20.7. The van der Waals surface area contributed by atoms with Gasteiger partial charge in [-0.25, -0.2) is 19.9 Å². The van der Waals surface area contributed by atoms with Crippen LogP contribution < -0.4 is 16.0 Å². The Hall–Kier alpha value is -2.32. The first-order valence-corrected chi connectivity index (χ1v) is 8.25. The van der Waals surface area contributed by atoms with Gasteiger partial charge in [-0.1, -0.05) is 0 Å². The van der Waals surface area contributed by atoms with Crippen LogP contribution in [0.25, 0.3) is 11.4 Å². The van der Waals surface area contributed by atoms with E-state index >= 15 is 0 Å². The average Bonchev–Trinajstić information content (AvgIpc) is 2.62. The third-order valence-electron chi connectivity index (χ3n) is 4.48. The summed E-state index contributed by atoms with van der Waals surface area (Å²) in [7, 11) is 0. The largest absolute Gasteiger partial charge is 0.377 e. The fourth-order valence-electron chi connectivity index (χ4n) is 3.20. The summed E-state index contributed by atoms with van der Waals surface area (Å²) in [5.74, 6) is 1.91. The maximum absolute atomic E-state index is 5.59. The molecule has 4 heterocycles. The highest BCUT2D eigenvalue weighted by Crippen LogP contribution is 2.29. The molecule has 1 atom stereocenters. The summed E-state index contributed by atoms with van der Waals surface area (Å²) in [6, 6.07) is 0.295. The van der Waals surface area contributed by atoms with Crippen molar-refractivity contribution in [1.29, 1.82) is 0 Å². The molecule has 2 aromatic heterocycles. The van der Waals surface area contributed by atoms with E-state index in [2.05, 4.69) is 27.1 Å². The third-order valence-corrected chi connectivity index (χ3v) is 4.48. The lowest BCUT2D eigenvalue weighted by molar-refractivity contribution is 0.0984. The van der Waals surface area contributed by atoms with Crippen LogP contribution in [0.3, 0.4) is 0 Å². The molecule has 24 heavy (non-hydrogen) atoms. The summed E-state index contributed by atoms with van der Waals surface area (Å²) in [6.07, 6.45) is 4.28. The molecule has 4 rings (SSSR count). The number of nitrogens with one attached hydrogen (secondary N) is 1. The van der Waals surface area contributed by atoms with Crippen molar-refractivity contribution in [1.82, 2.24) is 25.3 Å². The van der Waals surface area contributed by atoms with Crippen molar-refractivity contribution in [3.63, 3.8) is 0 Å². The summed E-state index contributed by atoms with van der Waals surface area (Å²) in [5, 5.41) is 3.39. The maximum Gasteiger partial charge on any atom is 0.219 e. The Bertz CT molecular complexity index is 734. The zero-order chi connectivity index (χ0) is 16.5. The molecule has 1 fully saturated rings. The zero-order valence-electron chi connectivity index (χ0n) is 13.7. The Morgan fingerprint density at radius 3 is 2.92 bits per heavy atom. The molecule has 2 aromatic rings. The lowest BCUT2D eigenvalue weighted by Crippen LogP contribution is -2.45. The Balaban J connectivity index is 1.81. The van der Waals surface area contributed by atoms with E-state index in [0.29, 0.717) is 11.9 Å². The molecule has 0 amide bonds. The van der Waals surface area contributed by atoms with Crippen molar-refractivity contribution in [3.8, 4) is 11.4 Å². The van der Waals surface area contributed by atoms with E-state index in [-0.39, 0.29) is 5.95 Å². The number of nitrogens with zero attached hydrogens (tertiary/aromatic N) is 5. The van der Waals surface area contributed by atoms with Gasteiger partial charge in [0.25, 0.3) is 0 Å². The number of hydrogen-bond donors (Lipinski definition) is 2. The summed E-state index contributed by atoms with van der Waals surface area (Å²) < 4.78 is 5.57. The minimum absolute atomic E-state index is 0.250. The average molecular weight is 327 g/mol. The van der Waals surface area contributed by atoms with Crippen molar-refractivity contribution < 1.29 is 4.74 Å². The minimum atomic E-state index is 0.250. The molecule has 0 spiro atoms. The number of rotatable bonds is 2. The summed E-state index contributed by atoms with van der Waals surface area (Å²) in [5.41, 5.74) is 8.65. The monoisotopic (exact) mass is 327 g/mol. The number of fused-ring (bicyclic) bond motifs is 1. The first-order valence-electron chi connectivity index (χ1n) is 8.25. The number of morpholine rings is 1. The quantitative estimate of drug-likeness (QED) is 0.816. The van der Waals surface area contributed by atoms with Gasteiger partial charge in [0.2, 0.25) is 5.95 Å². The molecule has 1 saturated heterocycles. The standard InChI is InChI=1S/C16H21N7O/c1-10-9-24-5-4-23(10)15-12-2-3-18-8-13(12)21-14(22-15)11-6-19-16(17)20-7-11/h6-7,10,18H,2-5,8-9H2,1H3,(H2,17,19,20). The van der Waals surface area contributed by atoms with Gasteiger partial charge >= 0.3 is 0 Å². The summed E-state index contributed by atoms with van der Waals surface area (Å²) >= 11 is 0. The molecule has 3 N–H and O–H groups in total. The highest BCUT2D eigenvalue weighted by Gasteiger charge is 2.27. The van der Waals surface area contributed by atoms with Crippen LogP contribution in [-0.2, 0) is 17.7 Å². The molecule has 2 aliphatic rings. The molecule has 0 aromatic carbocycles.